The molecule has 0 bridgehead atoms. The SMILES string of the molecule is COC(=O)CC[C@@H](C)[C@H]1CC[C@H]2[C@@H]3CC[C@@H]4C[C@H](OC(=O)c5ccccc5)CC[C@]4(C)[C@H]3C[C@H](OS(C)(=O)=O)[C@]12C. The van der Waals surface area contributed by atoms with Crippen molar-refractivity contribution in [2.24, 2.45) is 46.3 Å². The fourth-order valence-corrected chi connectivity index (χ4v) is 10.7. The zero-order valence-electron chi connectivity index (χ0n) is 25.3. The number of ether oxygens (including phenoxy) is 2. The molecule has 0 N–H and O–H groups in total. The molecule has 4 aliphatic rings. The van der Waals surface area contributed by atoms with Crippen LogP contribution in [-0.4, -0.2) is 45.9 Å². The van der Waals surface area contributed by atoms with Crippen LogP contribution in [0.2, 0.25) is 0 Å². The second kappa shape index (κ2) is 11.6. The zero-order valence-corrected chi connectivity index (χ0v) is 26.2. The molecule has 4 aliphatic carbocycles. The van der Waals surface area contributed by atoms with E-state index in [0.29, 0.717) is 41.6 Å². The van der Waals surface area contributed by atoms with Gasteiger partial charge < -0.3 is 9.47 Å². The van der Waals surface area contributed by atoms with Crippen LogP contribution in [-0.2, 0) is 28.6 Å². The predicted molar refractivity (Wildman–Crippen MR) is 156 cm³/mol. The number of hydrogen-bond donors (Lipinski definition) is 0. The van der Waals surface area contributed by atoms with E-state index < -0.39 is 10.1 Å². The molecule has 0 saturated heterocycles. The summed E-state index contributed by atoms with van der Waals surface area (Å²) in [6, 6.07) is 9.20. The number of hydrogen-bond acceptors (Lipinski definition) is 7. The normalized spacial score (nSPS) is 39.1. The monoisotopic (exact) mass is 588 g/mol. The quantitative estimate of drug-likeness (QED) is 0.256. The fourth-order valence-electron chi connectivity index (χ4n) is 10.0. The molecule has 228 valence electrons. The Balaban J connectivity index is 1.35. The fraction of sp³-hybridized carbons (Fsp3) is 0.758. The van der Waals surface area contributed by atoms with Gasteiger partial charge in [0.1, 0.15) is 6.10 Å². The van der Waals surface area contributed by atoms with Gasteiger partial charge >= 0.3 is 11.9 Å². The van der Waals surface area contributed by atoms with Crippen molar-refractivity contribution in [3.05, 3.63) is 35.9 Å². The second-order valence-electron chi connectivity index (χ2n) is 14.0. The van der Waals surface area contributed by atoms with Crippen LogP contribution < -0.4 is 0 Å². The number of fused-ring (bicyclic) bond motifs is 5. The summed E-state index contributed by atoms with van der Waals surface area (Å²) < 4.78 is 42.1. The third kappa shape index (κ3) is 5.84. The van der Waals surface area contributed by atoms with Gasteiger partial charge in [-0.05, 0) is 111 Å². The first-order chi connectivity index (χ1) is 19.4. The first-order valence-electron chi connectivity index (χ1n) is 15.6. The van der Waals surface area contributed by atoms with Crippen LogP contribution in [0.4, 0.5) is 0 Å². The van der Waals surface area contributed by atoms with E-state index in [1.807, 2.05) is 18.2 Å². The highest BCUT2D eigenvalue weighted by Gasteiger charge is 2.65. The third-order valence-electron chi connectivity index (χ3n) is 12.1. The maximum absolute atomic E-state index is 12.8. The number of carbonyl (C=O) groups excluding carboxylic acids is 2. The summed E-state index contributed by atoms with van der Waals surface area (Å²) >= 11 is 0. The second-order valence-corrected chi connectivity index (χ2v) is 15.6. The van der Waals surface area contributed by atoms with Gasteiger partial charge in [0.2, 0.25) is 0 Å². The molecule has 0 aliphatic heterocycles. The Kier molecular flexibility index (Phi) is 8.66. The van der Waals surface area contributed by atoms with Crippen LogP contribution in [0.5, 0.6) is 0 Å². The minimum absolute atomic E-state index is 0.0631. The molecule has 0 amide bonds. The van der Waals surface area contributed by atoms with Crippen LogP contribution in [0.15, 0.2) is 30.3 Å². The summed E-state index contributed by atoms with van der Waals surface area (Å²) in [6.45, 7) is 6.90. The Labute approximate surface area is 246 Å². The van der Waals surface area contributed by atoms with Gasteiger partial charge in [0.15, 0.2) is 0 Å². The van der Waals surface area contributed by atoms with Gasteiger partial charge in [-0.15, -0.1) is 0 Å². The predicted octanol–water partition coefficient (Wildman–Crippen LogP) is 6.41. The van der Waals surface area contributed by atoms with Crippen molar-refractivity contribution in [1.29, 1.82) is 0 Å². The van der Waals surface area contributed by atoms with Crippen LogP contribution in [0.1, 0.15) is 95.3 Å². The average Bonchev–Trinajstić information content (AvgIpc) is 3.30. The van der Waals surface area contributed by atoms with E-state index in [4.69, 9.17) is 13.7 Å². The molecule has 1 aromatic carbocycles. The van der Waals surface area contributed by atoms with E-state index in [-0.39, 0.29) is 40.9 Å². The molecule has 7 nitrogen and oxygen atoms in total. The summed E-state index contributed by atoms with van der Waals surface area (Å²) in [7, 11) is -2.22. The van der Waals surface area contributed by atoms with Crippen molar-refractivity contribution < 1.29 is 31.7 Å². The molecule has 8 heteroatoms. The van der Waals surface area contributed by atoms with Crippen molar-refractivity contribution >= 4 is 22.1 Å². The average molecular weight is 589 g/mol. The van der Waals surface area contributed by atoms with Crippen LogP contribution in [0.3, 0.4) is 0 Å². The summed E-state index contributed by atoms with van der Waals surface area (Å²) in [5.74, 6) is 1.86. The Morgan fingerprint density at radius 2 is 1.73 bits per heavy atom. The Bertz CT molecular complexity index is 1220. The highest BCUT2D eigenvalue weighted by atomic mass is 32.2. The minimum atomic E-state index is -3.65. The molecule has 41 heavy (non-hydrogen) atoms. The maximum Gasteiger partial charge on any atom is 0.338 e. The standard InChI is InChI=1S/C33H48O7S/c1-21(11-16-30(34)38-4)26-14-15-27-25-13-12-23-19-24(39-31(35)22-9-7-6-8-10-22)17-18-32(23,2)28(25)20-29(33(26,27)3)40-41(5,36)37/h6-10,21,23-29H,11-20H2,1-5H3/t21-,23-,24-,25+,26-,27+,28+,29+,32+,33-/m1/s1. The molecule has 0 aromatic heterocycles. The zero-order chi connectivity index (χ0) is 29.6. The molecular weight excluding hydrogens is 540 g/mol. The number of methoxy groups -OCH3 is 1. The summed E-state index contributed by atoms with van der Waals surface area (Å²) in [4.78, 5) is 24.7. The number of benzene rings is 1. The van der Waals surface area contributed by atoms with Gasteiger partial charge in [0.05, 0.1) is 25.0 Å². The number of rotatable bonds is 8. The molecule has 10 atom stereocenters. The topological polar surface area (TPSA) is 96.0 Å². The molecule has 0 heterocycles. The first-order valence-corrected chi connectivity index (χ1v) is 17.4. The highest BCUT2D eigenvalue weighted by Crippen LogP contribution is 2.69. The lowest BCUT2D eigenvalue weighted by molar-refractivity contribution is -0.167. The van der Waals surface area contributed by atoms with E-state index in [2.05, 4.69) is 20.8 Å². The number of carbonyl (C=O) groups is 2. The Hall–Kier alpha value is -1.93. The van der Waals surface area contributed by atoms with Crippen LogP contribution in [0, 0.1) is 46.3 Å². The maximum atomic E-state index is 12.8. The van der Waals surface area contributed by atoms with Crippen molar-refractivity contribution in [3.8, 4) is 0 Å². The summed E-state index contributed by atoms with van der Waals surface area (Å²) in [5.41, 5.74) is 0.396. The third-order valence-corrected chi connectivity index (χ3v) is 12.6. The van der Waals surface area contributed by atoms with E-state index in [0.717, 1.165) is 57.8 Å². The Morgan fingerprint density at radius 3 is 2.41 bits per heavy atom. The van der Waals surface area contributed by atoms with Crippen molar-refractivity contribution in [2.75, 3.05) is 13.4 Å². The summed E-state index contributed by atoms with van der Waals surface area (Å²) in [6.07, 6.45) is 9.61. The highest BCUT2D eigenvalue weighted by molar-refractivity contribution is 7.86. The van der Waals surface area contributed by atoms with E-state index >= 15 is 0 Å². The van der Waals surface area contributed by atoms with Crippen molar-refractivity contribution in [1.82, 2.24) is 0 Å². The van der Waals surface area contributed by atoms with Gasteiger partial charge in [0, 0.05) is 11.8 Å². The minimum Gasteiger partial charge on any atom is -0.469 e. The molecule has 4 fully saturated rings. The molecule has 4 saturated carbocycles. The largest absolute Gasteiger partial charge is 0.469 e. The van der Waals surface area contributed by atoms with Gasteiger partial charge in [-0.2, -0.15) is 8.42 Å². The molecule has 0 radical (unpaired) electrons. The van der Waals surface area contributed by atoms with Crippen molar-refractivity contribution in [2.45, 2.75) is 97.2 Å². The smallest absolute Gasteiger partial charge is 0.338 e. The lowest BCUT2D eigenvalue weighted by atomic mass is 9.43. The van der Waals surface area contributed by atoms with Crippen LogP contribution in [0.25, 0.3) is 0 Å². The van der Waals surface area contributed by atoms with Crippen molar-refractivity contribution in [3.63, 3.8) is 0 Å². The first kappa shape index (κ1) is 30.5. The molecule has 1 aromatic rings. The lowest BCUT2D eigenvalue weighted by Gasteiger charge is -2.63. The lowest BCUT2D eigenvalue weighted by Crippen LogP contribution is -2.59. The van der Waals surface area contributed by atoms with Gasteiger partial charge in [-0.25, -0.2) is 4.79 Å². The van der Waals surface area contributed by atoms with E-state index in [9.17, 15) is 18.0 Å². The van der Waals surface area contributed by atoms with Gasteiger partial charge in [0.25, 0.3) is 10.1 Å². The van der Waals surface area contributed by atoms with E-state index in [1.54, 1.807) is 12.1 Å². The summed E-state index contributed by atoms with van der Waals surface area (Å²) in [5, 5.41) is 0. The molecular formula is C33H48O7S. The number of esters is 2. The molecule has 0 unspecified atom stereocenters. The molecule has 0 spiro atoms. The van der Waals surface area contributed by atoms with Gasteiger partial charge in [-0.3, -0.25) is 8.98 Å². The van der Waals surface area contributed by atoms with Gasteiger partial charge in [-0.1, -0.05) is 39.0 Å². The molecule has 5 rings (SSSR count). The van der Waals surface area contributed by atoms with E-state index in [1.165, 1.54) is 13.4 Å². The van der Waals surface area contributed by atoms with Crippen LogP contribution >= 0.6 is 0 Å². The Morgan fingerprint density at radius 1 is 1.00 bits per heavy atom.